The van der Waals surface area contributed by atoms with Gasteiger partial charge in [-0.05, 0) is 79.9 Å². The summed E-state index contributed by atoms with van der Waals surface area (Å²) < 4.78 is 28.0. The fourth-order valence-corrected chi connectivity index (χ4v) is 6.13. The van der Waals surface area contributed by atoms with E-state index >= 15 is 0 Å². The first kappa shape index (κ1) is 32.3. The second kappa shape index (κ2) is 12.3. The number of hydrogen-bond donors (Lipinski definition) is 2. The molecule has 1 aliphatic rings. The third kappa shape index (κ3) is 7.22. The molecule has 4 aromatic rings. The van der Waals surface area contributed by atoms with Gasteiger partial charge in [0.2, 0.25) is 0 Å². The quantitative estimate of drug-likeness (QED) is 0.100. The maximum absolute atomic E-state index is 14.0. The monoisotopic (exact) mass is 686 g/mol. The average Bonchev–Trinajstić information content (AvgIpc) is 3.62. The lowest BCUT2D eigenvalue weighted by molar-refractivity contribution is 0.00179. The number of benzene rings is 1. The van der Waals surface area contributed by atoms with Crippen LogP contribution in [0.25, 0.3) is 27.7 Å². The van der Waals surface area contributed by atoms with Gasteiger partial charge in [0.1, 0.15) is 24.0 Å². The summed E-state index contributed by atoms with van der Waals surface area (Å²) >= 11 is 3.73. The molecule has 0 bridgehead atoms. The van der Waals surface area contributed by atoms with Crippen molar-refractivity contribution in [3.8, 4) is 11.1 Å². The number of fused-ring (bicyclic) bond motifs is 2. The predicted molar refractivity (Wildman–Crippen MR) is 175 cm³/mol. The van der Waals surface area contributed by atoms with Gasteiger partial charge in [0.15, 0.2) is 5.65 Å². The van der Waals surface area contributed by atoms with E-state index in [1.54, 1.807) is 27.9 Å². The molecular formula is C31H40BrFN6O4Si. The lowest BCUT2D eigenvalue weighted by atomic mass is 10.1. The minimum atomic E-state index is -1.26. The topological polar surface area (TPSA) is 114 Å². The number of carbonyl (C=O) groups excluding carboxylic acids is 1. The second-order valence-electron chi connectivity index (χ2n) is 13.6. The fourth-order valence-electron chi connectivity index (χ4n) is 4.85. The third-order valence-electron chi connectivity index (χ3n) is 7.57. The summed E-state index contributed by atoms with van der Waals surface area (Å²) in [6, 6.07) is 7.36. The molecule has 13 heteroatoms. The number of nitrogens with one attached hydrogen (secondary N) is 1. The van der Waals surface area contributed by atoms with Crippen molar-refractivity contribution in [2.24, 2.45) is 0 Å². The molecule has 236 valence electrons. The van der Waals surface area contributed by atoms with Gasteiger partial charge >= 0.3 is 6.09 Å². The Labute approximate surface area is 266 Å². The van der Waals surface area contributed by atoms with Crippen LogP contribution in [0.15, 0.2) is 41.1 Å². The highest BCUT2D eigenvalue weighted by Gasteiger charge is 2.51. The zero-order valence-corrected chi connectivity index (χ0v) is 28.7. The number of amides is 1. The van der Waals surface area contributed by atoms with Crippen molar-refractivity contribution in [2.45, 2.75) is 77.0 Å². The summed E-state index contributed by atoms with van der Waals surface area (Å²) in [5, 5.41) is 18.9. The molecule has 1 fully saturated rings. The lowest BCUT2D eigenvalue weighted by Crippen LogP contribution is -2.46. The summed E-state index contributed by atoms with van der Waals surface area (Å²) in [5.74, 6) is 0.253. The van der Waals surface area contributed by atoms with Crippen LogP contribution in [0.1, 0.15) is 39.3 Å². The largest absolute Gasteiger partial charge is 0.444 e. The Balaban J connectivity index is 1.57. The van der Waals surface area contributed by atoms with E-state index in [1.807, 2.05) is 26.8 Å². The number of pyridine rings is 1. The zero-order chi connectivity index (χ0) is 31.9. The Kier molecular flexibility index (Phi) is 9.05. The highest BCUT2D eigenvalue weighted by Crippen LogP contribution is 2.44. The van der Waals surface area contributed by atoms with Crippen molar-refractivity contribution in [1.82, 2.24) is 24.5 Å². The van der Waals surface area contributed by atoms with E-state index in [2.05, 4.69) is 51.0 Å². The van der Waals surface area contributed by atoms with Gasteiger partial charge in [-0.2, -0.15) is 9.61 Å². The van der Waals surface area contributed by atoms with Gasteiger partial charge in [-0.1, -0.05) is 19.6 Å². The van der Waals surface area contributed by atoms with Crippen LogP contribution in [-0.4, -0.2) is 74.8 Å². The fraction of sp³-hybridized carbons (Fsp3) is 0.484. The summed E-state index contributed by atoms with van der Waals surface area (Å²) in [5.41, 5.74) is 1.72. The number of carbonyl (C=O) groups is 1. The van der Waals surface area contributed by atoms with E-state index in [-0.39, 0.29) is 25.7 Å². The van der Waals surface area contributed by atoms with Crippen LogP contribution in [0.2, 0.25) is 25.7 Å². The Bertz CT molecular complexity index is 1680. The zero-order valence-electron chi connectivity index (χ0n) is 26.1. The van der Waals surface area contributed by atoms with Crippen LogP contribution in [0.3, 0.4) is 0 Å². The standard InChI is InChI=1S/C31H40BrFN6O4Si/c1-30(2,3)43-29(41)38(31(18-40)9-10-31)17-25-26(32)28(35-19-42-11-12-44(4,5)6)39-27(37-25)23(16-36-39)21-13-20-14-22(33)7-8-24(20)34-15-21/h7-8,13-16,35,40H,9-12,17-19H2,1-6H3. The molecule has 1 aliphatic carbocycles. The first-order valence-electron chi connectivity index (χ1n) is 14.7. The summed E-state index contributed by atoms with van der Waals surface area (Å²) in [4.78, 5) is 24.5. The molecule has 10 nitrogen and oxygen atoms in total. The second-order valence-corrected chi connectivity index (χ2v) is 20.0. The molecule has 0 unspecified atom stereocenters. The molecule has 0 radical (unpaired) electrons. The molecule has 0 spiro atoms. The van der Waals surface area contributed by atoms with Crippen molar-refractivity contribution in [3.05, 3.63) is 52.6 Å². The van der Waals surface area contributed by atoms with E-state index in [9.17, 15) is 14.3 Å². The summed E-state index contributed by atoms with van der Waals surface area (Å²) in [7, 11) is -1.26. The van der Waals surface area contributed by atoms with Crippen molar-refractivity contribution < 1.29 is 23.8 Å². The van der Waals surface area contributed by atoms with E-state index in [4.69, 9.17) is 14.5 Å². The number of anilines is 1. The Hall–Kier alpha value is -3.13. The minimum absolute atomic E-state index is 0.0868. The number of aliphatic hydroxyl groups excluding tert-OH is 1. The molecule has 1 amide bonds. The first-order valence-corrected chi connectivity index (χ1v) is 19.2. The number of halogens is 2. The number of aromatic nitrogens is 4. The highest BCUT2D eigenvalue weighted by molar-refractivity contribution is 9.10. The van der Waals surface area contributed by atoms with Crippen LogP contribution in [-0.2, 0) is 16.0 Å². The van der Waals surface area contributed by atoms with E-state index < -0.39 is 25.3 Å². The number of aliphatic hydroxyl groups is 1. The Morgan fingerprint density at radius 2 is 1.98 bits per heavy atom. The molecule has 0 aliphatic heterocycles. The SMILES string of the molecule is CC(C)(C)OC(=O)N(Cc1nc2c(-c3cnc4ccc(F)cc4c3)cnn2c(NCOCC[Si](C)(C)C)c1Br)C1(CO)CC1. The maximum atomic E-state index is 14.0. The maximum Gasteiger partial charge on any atom is 0.411 e. The van der Waals surface area contributed by atoms with E-state index in [0.29, 0.717) is 63.1 Å². The highest BCUT2D eigenvalue weighted by atomic mass is 79.9. The van der Waals surface area contributed by atoms with Crippen molar-refractivity contribution >= 4 is 52.5 Å². The van der Waals surface area contributed by atoms with Crippen LogP contribution < -0.4 is 5.32 Å². The van der Waals surface area contributed by atoms with E-state index in [0.717, 1.165) is 6.04 Å². The van der Waals surface area contributed by atoms with Gasteiger partial charge in [0.05, 0.1) is 40.6 Å². The molecule has 0 saturated heterocycles. The van der Waals surface area contributed by atoms with Gasteiger partial charge in [-0.15, -0.1) is 0 Å². The van der Waals surface area contributed by atoms with Crippen molar-refractivity contribution in [1.29, 1.82) is 0 Å². The molecule has 44 heavy (non-hydrogen) atoms. The predicted octanol–water partition coefficient (Wildman–Crippen LogP) is 6.83. The summed E-state index contributed by atoms with van der Waals surface area (Å²) in [6.45, 7) is 13.1. The Morgan fingerprint density at radius 3 is 2.64 bits per heavy atom. The molecule has 1 aromatic carbocycles. The number of ether oxygens (including phenoxy) is 2. The molecule has 3 heterocycles. The van der Waals surface area contributed by atoms with Gasteiger partial charge in [0, 0.05) is 37.4 Å². The van der Waals surface area contributed by atoms with Gasteiger partial charge in [0.25, 0.3) is 0 Å². The minimum Gasteiger partial charge on any atom is -0.444 e. The van der Waals surface area contributed by atoms with Gasteiger partial charge < -0.3 is 19.9 Å². The van der Waals surface area contributed by atoms with Crippen LogP contribution in [0, 0.1) is 5.82 Å². The molecule has 1 saturated carbocycles. The average molecular weight is 688 g/mol. The number of nitrogens with zero attached hydrogens (tertiary/aromatic N) is 5. The number of rotatable bonds is 11. The van der Waals surface area contributed by atoms with Crippen LogP contribution in [0.5, 0.6) is 0 Å². The molecule has 5 rings (SSSR count). The van der Waals surface area contributed by atoms with Crippen molar-refractivity contribution in [3.63, 3.8) is 0 Å². The molecule has 0 atom stereocenters. The van der Waals surface area contributed by atoms with E-state index in [1.165, 1.54) is 12.1 Å². The molecule has 2 N–H and O–H groups in total. The Morgan fingerprint density at radius 1 is 1.23 bits per heavy atom. The first-order chi connectivity index (χ1) is 20.7. The van der Waals surface area contributed by atoms with Gasteiger partial charge in [-0.3, -0.25) is 9.88 Å². The van der Waals surface area contributed by atoms with Gasteiger partial charge in [-0.25, -0.2) is 14.2 Å². The molecule has 3 aromatic heterocycles. The number of hydrogen-bond acceptors (Lipinski definition) is 8. The normalized spacial score (nSPS) is 14.7. The van der Waals surface area contributed by atoms with Crippen LogP contribution >= 0.6 is 15.9 Å². The third-order valence-corrected chi connectivity index (χ3v) is 10.1. The van der Waals surface area contributed by atoms with Crippen molar-refractivity contribution in [2.75, 3.05) is 25.3 Å². The van der Waals surface area contributed by atoms with Crippen LogP contribution in [0.4, 0.5) is 15.0 Å². The summed E-state index contributed by atoms with van der Waals surface area (Å²) in [6.07, 6.45) is 4.22. The lowest BCUT2D eigenvalue weighted by Gasteiger charge is -2.33. The smallest absolute Gasteiger partial charge is 0.411 e. The molecular weight excluding hydrogens is 647 g/mol.